The zero-order valence-electron chi connectivity index (χ0n) is 13.2. The van der Waals surface area contributed by atoms with Crippen LogP contribution in [0.5, 0.6) is 11.5 Å². The van der Waals surface area contributed by atoms with Crippen LogP contribution >= 0.6 is 0 Å². The number of likely N-dealkylation sites (N-methyl/N-ethyl adjacent to an activating group) is 1. The number of rotatable bonds is 4. The van der Waals surface area contributed by atoms with Crippen LogP contribution < -0.4 is 9.47 Å². The highest BCUT2D eigenvalue weighted by molar-refractivity contribution is 5.76. The Morgan fingerprint density at radius 1 is 1.09 bits per heavy atom. The van der Waals surface area contributed by atoms with E-state index < -0.39 is 0 Å². The highest BCUT2D eigenvalue weighted by atomic mass is 16.6. The monoisotopic (exact) mass is 304 g/mol. The smallest absolute Gasteiger partial charge is 0.222 e. The van der Waals surface area contributed by atoms with Gasteiger partial charge in [-0.2, -0.15) is 0 Å². The molecule has 0 N–H and O–H groups in total. The third-order valence-electron chi connectivity index (χ3n) is 4.41. The zero-order valence-corrected chi connectivity index (χ0v) is 13.2. The molecule has 2 aliphatic rings. The van der Waals surface area contributed by atoms with Gasteiger partial charge in [-0.3, -0.25) is 4.79 Å². The number of fused-ring (bicyclic) bond motifs is 1. The van der Waals surface area contributed by atoms with Crippen molar-refractivity contribution in [3.63, 3.8) is 0 Å². The van der Waals surface area contributed by atoms with E-state index >= 15 is 0 Å². The molecule has 5 nitrogen and oxygen atoms in total. The fraction of sp³-hybridized carbons (Fsp3) is 0.588. The van der Waals surface area contributed by atoms with Gasteiger partial charge in [-0.15, -0.1) is 0 Å². The average Bonchev–Trinajstić information content (AvgIpc) is 2.59. The van der Waals surface area contributed by atoms with E-state index in [1.54, 1.807) is 0 Å². The lowest BCUT2D eigenvalue weighted by Crippen LogP contribution is -2.48. The minimum Gasteiger partial charge on any atom is -0.486 e. The number of benzene rings is 1. The molecule has 0 saturated carbocycles. The van der Waals surface area contributed by atoms with E-state index in [-0.39, 0.29) is 5.91 Å². The first-order valence-corrected chi connectivity index (χ1v) is 8.15. The molecule has 1 saturated heterocycles. The molecule has 0 bridgehead atoms. The van der Waals surface area contributed by atoms with Crippen molar-refractivity contribution in [1.29, 1.82) is 0 Å². The summed E-state index contributed by atoms with van der Waals surface area (Å²) in [7, 11) is 0. The first kappa shape index (κ1) is 15.2. The molecule has 2 aliphatic heterocycles. The minimum atomic E-state index is 0.255. The van der Waals surface area contributed by atoms with Crippen LogP contribution in [0.25, 0.3) is 0 Å². The molecule has 0 unspecified atom stereocenters. The SMILES string of the molecule is CCN1CCN(C(=O)CCc2ccc3c(c2)OCCO3)CC1. The summed E-state index contributed by atoms with van der Waals surface area (Å²) in [5.74, 6) is 1.86. The second kappa shape index (κ2) is 7.01. The van der Waals surface area contributed by atoms with Crippen LogP contribution in [0.4, 0.5) is 0 Å². The largest absolute Gasteiger partial charge is 0.486 e. The summed E-state index contributed by atoms with van der Waals surface area (Å²) in [5.41, 5.74) is 1.13. The van der Waals surface area contributed by atoms with Gasteiger partial charge in [0.2, 0.25) is 5.91 Å². The number of piperazine rings is 1. The van der Waals surface area contributed by atoms with Crippen molar-refractivity contribution in [2.45, 2.75) is 19.8 Å². The van der Waals surface area contributed by atoms with Crippen LogP contribution in [0, 0.1) is 0 Å². The van der Waals surface area contributed by atoms with E-state index in [9.17, 15) is 4.79 Å². The van der Waals surface area contributed by atoms with Crippen molar-refractivity contribution in [2.24, 2.45) is 0 Å². The predicted molar refractivity (Wildman–Crippen MR) is 84.4 cm³/mol. The summed E-state index contributed by atoms with van der Waals surface area (Å²) in [6, 6.07) is 5.96. The molecular weight excluding hydrogens is 280 g/mol. The summed E-state index contributed by atoms with van der Waals surface area (Å²) in [5, 5.41) is 0. The molecule has 0 aromatic heterocycles. The molecule has 1 fully saturated rings. The van der Waals surface area contributed by atoms with Crippen LogP contribution in [0.3, 0.4) is 0 Å². The number of ether oxygens (including phenoxy) is 2. The van der Waals surface area contributed by atoms with Crippen molar-refractivity contribution in [2.75, 3.05) is 45.9 Å². The van der Waals surface area contributed by atoms with Crippen LogP contribution in [0.2, 0.25) is 0 Å². The van der Waals surface area contributed by atoms with E-state index in [1.165, 1.54) is 0 Å². The molecule has 0 aliphatic carbocycles. The van der Waals surface area contributed by atoms with Crippen molar-refractivity contribution >= 4 is 5.91 Å². The molecule has 1 aromatic carbocycles. The van der Waals surface area contributed by atoms with Crippen LogP contribution in [-0.4, -0.2) is 61.6 Å². The lowest BCUT2D eigenvalue weighted by atomic mass is 10.1. The Kier molecular flexibility index (Phi) is 4.83. The highest BCUT2D eigenvalue weighted by Gasteiger charge is 2.20. The lowest BCUT2D eigenvalue weighted by molar-refractivity contribution is -0.132. The van der Waals surface area contributed by atoms with Crippen LogP contribution in [0.15, 0.2) is 18.2 Å². The Morgan fingerprint density at radius 3 is 2.55 bits per heavy atom. The number of hydrogen-bond acceptors (Lipinski definition) is 4. The molecular formula is C17H24N2O3. The number of carbonyl (C=O) groups excluding carboxylic acids is 1. The molecule has 22 heavy (non-hydrogen) atoms. The summed E-state index contributed by atoms with van der Waals surface area (Å²) in [6.07, 6.45) is 1.31. The topological polar surface area (TPSA) is 42.0 Å². The molecule has 3 rings (SSSR count). The maximum atomic E-state index is 12.3. The van der Waals surface area contributed by atoms with Gasteiger partial charge < -0.3 is 19.3 Å². The Bertz CT molecular complexity index is 525. The van der Waals surface area contributed by atoms with Gasteiger partial charge >= 0.3 is 0 Å². The Labute approximate surface area is 131 Å². The first-order chi connectivity index (χ1) is 10.8. The maximum Gasteiger partial charge on any atom is 0.222 e. The van der Waals surface area contributed by atoms with Crippen LogP contribution in [-0.2, 0) is 11.2 Å². The normalized spacial score (nSPS) is 18.3. The number of carbonyl (C=O) groups is 1. The molecule has 1 amide bonds. The molecule has 5 heteroatoms. The third kappa shape index (κ3) is 3.53. The molecule has 2 heterocycles. The van der Waals surface area contributed by atoms with E-state index in [2.05, 4.69) is 11.8 Å². The quantitative estimate of drug-likeness (QED) is 0.846. The fourth-order valence-corrected chi connectivity index (χ4v) is 2.97. The average molecular weight is 304 g/mol. The van der Waals surface area contributed by atoms with Gasteiger partial charge in [0.15, 0.2) is 11.5 Å². The number of aryl methyl sites for hydroxylation is 1. The van der Waals surface area contributed by atoms with Gasteiger partial charge in [0.25, 0.3) is 0 Å². The Balaban J connectivity index is 1.51. The standard InChI is InChI=1S/C17H24N2O3/c1-2-18-7-9-19(10-8-18)17(20)6-4-14-3-5-15-16(13-14)22-12-11-21-15/h3,5,13H,2,4,6-12H2,1H3. The zero-order chi connectivity index (χ0) is 15.4. The molecule has 0 radical (unpaired) electrons. The van der Waals surface area contributed by atoms with E-state index in [4.69, 9.17) is 9.47 Å². The van der Waals surface area contributed by atoms with Gasteiger partial charge in [-0.25, -0.2) is 0 Å². The van der Waals surface area contributed by atoms with E-state index in [1.807, 2.05) is 23.1 Å². The summed E-state index contributed by atoms with van der Waals surface area (Å²) >= 11 is 0. The second-order valence-corrected chi connectivity index (χ2v) is 5.79. The molecule has 120 valence electrons. The van der Waals surface area contributed by atoms with Crippen molar-refractivity contribution in [1.82, 2.24) is 9.80 Å². The summed E-state index contributed by atoms with van der Waals surface area (Å²) in [6.45, 7) is 8.13. The van der Waals surface area contributed by atoms with Gasteiger partial charge in [0, 0.05) is 32.6 Å². The van der Waals surface area contributed by atoms with Crippen molar-refractivity contribution < 1.29 is 14.3 Å². The van der Waals surface area contributed by atoms with Gasteiger partial charge in [0.05, 0.1) is 0 Å². The molecule has 1 aromatic rings. The fourth-order valence-electron chi connectivity index (χ4n) is 2.97. The molecule has 0 atom stereocenters. The van der Waals surface area contributed by atoms with Crippen LogP contribution in [0.1, 0.15) is 18.9 Å². The van der Waals surface area contributed by atoms with Crippen molar-refractivity contribution in [3.8, 4) is 11.5 Å². The minimum absolute atomic E-state index is 0.255. The number of nitrogens with zero attached hydrogens (tertiary/aromatic N) is 2. The second-order valence-electron chi connectivity index (χ2n) is 5.79. The third-order valence-corrected chi connectivity index (χ3v) is 4.41. The summed E-state index contributed by atoms with van der Waals surface area (Å²) in [4.78, 5) is 16.7. The number of hydrogen-bond donors (Lipinski definition) is 0. The van der Waals surface area contributed by atoms with Gasteiger partial charge in [-0.1, -0.05) is 13.0 Å². The Morgan fingerprint density at radius 2 is 1.82 bits per heavy atom. The molecule has 0 spiro atoms. The Hall–Kier alpha value is -1.75. The summed E-state index contributed by atoms with van der Waals surface area (Å²) < 4.78 is 11.1. The maximum absolute atomic E-state index is 12.3. The van der Waals surface area contributed by atoms with Crippen molar-refractivity contribution in [3.05, 3.63) is 23.8 Å². The lowest BCUT2D eigenvalue weighted by Gasteiger charge is -2.34. The highest BCUT2D eigenvalue weighted by Crippen LogP contribution is 2.31. The van der Waals surface area contributed by atoms with Gasteiger partial charge in [0.1, 0.15) is 13.2 Å². The van der Waals surface area contributed by atoms with E-state index in [0.29, 0.717) is 19.6 Å². The number of amides is 1. The predicted octanol–water partition coefficient (Wildman–Crippen LogP) is 1.55. The van der Waals surface area contributed by atoms with E-state index in [0.717, 1.165) is 56.2 Å². The first-order valence-electron chi connectivity index (χ1n) is 8.15. The van der Waals surface area contributed by atoms with Gasteiger partial charge in [-0.05, 0) is 30.7 Å².